The number of methoxy groups -OCH3 is 1. The fourth-order valence-corrected chi connectivity index (χ4v) is 1.98. The Bertz CT molecular complexity index is 667. The van der Waals surface area contributed by atoms with Gasteiger partial charge in [0, 0.05) is 23.9 Å². The highest BCUT2D eigenvalue weighted by Gasteiger charge is 2.12. The van der Waals surface area contributed by atoms with Gasteiger partial charge in [0.2, 0.25) is 0 Å². The van der Waals surface area contributed by atoms with E-state index in [1.165, 1.54) is 19.2 Å². The van der Waals surface area contributed by atoms with E-state index in [4.69, 9.17) is 4.74 Å². The van der Waals surface area contributed by atoms with E-state index in [2.05, 4.69) is 5.32 Å². The zero-order valence-corrected chi connectivity index (χ0v) is 11.9. The Labute approximate surface area is 122 Å². The molecule has 0 aromatic heterocycles. The van der Waals surface area contributed by atoms with E-state index in [1.807, 2.05) is 13.0 Å². The van der Waals surface area contributed by atoms with Crippen LogP contribution in [-0.4, -0.2) is 23.3 Å². The van der Waals surface area contributed by atoms with Crippen LogP contribution in [0.4, 0.5) is 5.69 Å². The number of ether oxygens (including phenoxy) is 1. The van der Waals surface area contributed by atoms with Crippen molar-refractivity contribution in [2.45, 2.75) is 13.5 Å². The molecule has 0 heterocycles. The van der Waals surface area contributed by atoms with E-state index in [1.54, 1.807) is 18.2 Å². The highest BCUT2D eigenvalue weighted by Crippen LogP contribution is 2.25. The molecule has 0 bridgehead atoms. The predicted molar refractivity (Wildman–Crippen MR) is 79.6 cm³/mol. The highest BCUT2D eigenvalue weighted by atomic mass is 16.5. The van der Waals surface area contributed by atoms with Crippen molar-refractivity contribution in [1.82, 2.24) is 0 Å². The number of esters is 1. The van der Waals surface area contributed by atoms with Crippen molar-refractivity contribution in [3.8, 4) is 11.5 Å². The Morgan fingerprint density at radius 3 is 2.62 bits per heavy atom. The van der Waals surface area contributed by atoms with Gasteiger partial charge in [-0.25, -0.2) is 4.79 Å². The van der Waals surface area contributed by atoms with Crippen LogP contribution in [0.25, 0.3) is 0 Å². The van der Waals surface area contributed by atoms with Gasteiger partial charge in [0.15, 0.2) is 0 Å². The van der Waals surface area contributed by atoms with Crippen molar-refractivity contribution in [1.29, 1.82) is 0 Å². The average molecular weight is 287 g/mol. The number of phenolic OH excluding ortho intramolecular Hbond substituents is 2. The smallest absolute Gasteiger partial charge is 0.339 e. The molecule has 0 radical (unpaired) electrons. The van der Waals surface area contributed by atoms with Gasteiger partial charge < -0.3 is 20.3 Å². The Hall–Kier alpha value is -2.69. The molecule has 110 valence electrons. The normalized spacial score (nSPS) is 10.2. The molecule has 0 saturated carbocycles. The molecule has 0 saturated heterocycles. The van der Waals surface area contributed by atoms with Gasteiger partial charge in [-0.3, -0.25) is 0 Å². The molecule has 2 aromatic rings. The SMILES string of the molecule is COC(=O)c1cc(C)ccc1NCc1ccc(O)cc1O. The second kappa shape index (κ2) is 6.17. The first-order valence-corrected chi connectivity index (χ1v) is 6.45. The largest absolute Gasteiger partial charge is 0.508 e. The molecule has 5 nitrogen and oxygen atoms in total. The maximum atomic E-state index is 11.8. The molecule has 0 unspecified atom stereocenters. The molecule has 0 spiro atoms. The van der Waals surface area contributed by atoms with Crippen molar-refractivity contribution in [2.24, 2.45) is 0 Å². The Morgan fingerprint density at radius 2 is 1.95 bits per heavy atom. The van der Waals surface area contributed by atoms with E-state index < -0.39 is 5.97 Å². The van der Waals surface area contributed by atoms with Crippen LogP contribution in [0.15, 0.2) is 36.4 Å². The number of nitrogens with one attached hydrogen (secondary N) is 1. The maximum Gasteiger partial charge on any atom is 0.339 e. The first kappa shape index (κ1) is 14.7. The van der Waals surface area contributed by atoms with Crippen LogP contribution in [0.2, 0.25) is 0 Å². The molecule has 0 aliphatic heterocycles. The van der Waals surface area contributed by atoms with Gasteiger partial charge in [0.1, 0.15) is 11.5 Å². The maximum absolute atomic E-state index is 11.8. The van der Waals surface area contributed by atoms with Crippen LogP contribution >= 0.6 is 0 Å². The van der Waals surface area contributed by atoms with Crippen molar-refractivity contribution in [3.05, 3.63) is 53.1 Å². The van der Waals surface area contributed by atoms with Gasteiger partial charge in [-0.2, -0.15) is 0 Å². The van der Waals surface area contributed by atoms with Gasteiger partial charge in [0.25, 0.3) is 0 Å². The fourth-order valence-electron chi connectivity index (χ4n) is 1.98. The molecule has 0 aliphatic rings. The number of hydrogen-bond acceptors (Lipinski definition) is 5. The number of aromatic hydroxyl groups is 2. The highest BCUT2D eigenvalue weighted by molar-refractivity contribution is 5.95. The summed E-state index contributed by atoms with van der Waals surface area (Å²) in [6, 6.07) is 9.79. The van der Waals surface area contributed by atoms with Crippen molar-refractivity contribution in [3.63, 3.8) is 0 Å². The quantitative estimate of drug-likeness (QED) is 0.754. The first-order valence-electron chi connectivity index (χ1n) is 6.45. The second-order valence-corrected chi connectivity index (χ2v) is 4.71. The monoisotopic (exact) mass is 287 g/mol. The minimum Gasteiger partial charge on any atom is -0.508 e. The topological polar surface area (TPSA) is 78.8 Å². The summed E-state index contributed by atoms with van der Waals surface area (Å²) in [6.07, 6.45) is 0. The van der Waals surface area contributed by atoms with E-state index in [-0.39, 0.29) is 11.5 Å². The zero-order chi connectivity index (χ0) is 15.4. The number of phenols is 2. The lowest BCUT2D eigenvalue weighted by Gasteiger charge is -2.12. The van der Waals surface area contributed by atoms with E-state index >= 15 is 0 Å². The third kappa shape index (κ3) is 3.45. The van der Waals surface area contributed by atoms with E-state index in [0.717, 1.165) is 5.56 Å². The van der Waals surface area contributed by atoms with E-state index in [0.29, 0.717) is 23.4 Å². The number of hydrogen-bond donors (Lipinski definition) is 3. The molecule has 2 aromatic carbocycles. The predicted octanol–water partition coefficient (Wildman–Crippen LogP) is 2.80. The number of benzene rings is 2. The molecular formula is C16H17NO4. The summed E-state index contributed by atoms with van der Waals surface area (Å²) in [6.45, 7) is 2.21. The zero-order valence-electron chi connectivity index (χ0n) is 11.9. The summed E-state index contributed by atoms with van der Waals surface area (Å²) >= 11 is 0. The molecule has 5 heteroatoms. The Morgan fingerprint density at radius 1 is 1.19 bits per heavy atom. The Kier molecular flexibility index (Phi) is 4.33. The van der Waals surface area contributed by atoms with Crippen LogP contribution in [0.5, 0.6) is 11.5 Å². The van der Waals surface area contributed by atoms with Gasteiger partial charge in [-0.1, -0.05) is 11.6 Å². The minimum absolute atomic E-state index is 0.00170. The Balaban J connectivity index is 2.21. The molecular weight excluding hydrogens is 270 g/mol. The lowest BCUT2D eigenvalue weighted by Crippen LogP contribution is -2.08. The minimum atomic E-state index is -0.420. The lowest BCUT2D eigenvalue weighted by molar-refractivity contribution is 0.0601. The van der Waals surface area contributed by atoms with Crippen LogP contribution < -0.4 is 5.32 Å². The average Bonchev–Trinajstić information content (AvgIpc) is 2.46. The second-order valence-electron chi connectivity index (χ2n) is 4.71. The third-order valence-corrected chi connectivity index (χ3v) is 3.12. The fraction of sp³-hybridized carbons (Fsp3) is 0.188. The van der Waals surface area contributed by atoms with Gasteiger partial charge in [-0.05, 0) is 31.2 Å². The molecule has 3 N–H and O–H groups in total. The lowest BCUT2D eigenvalue weighted by atomic mass is 10.1. The number of rotatable bonds is 4. The van der Waals surface area contributed by atoms with Crippen molar-refractivity contribution >= 4 is 11.7 Å². The molecule has 0 fully saturated rings. The summed E-state index contributed by atoms with van der Waals surface area (Å²) < 4.78 is 4.76. The van der Waals surface area contributed by atoms with Crippen LogP contribution in [0, 0.1) is 6.92 Å². The number of anilines is 1. The van der Waals surface area contributed by atoms with E-state index in [9.17, 15) is 15.0 Å². The number of carbonyl (C=O) groups is 1. The van der Waals surface area contributed by atoms with Gasteiger partial charge >= 0.3 is 5.97 Å². The standard InChI is InChI=1S/C16H17NO4/c1-10-3-6-14(13(7-10)16(20)21-2)17-9-11-4-5-12(18)8-15(11)19/h3-8,17-19H,9H2,1-2H3. The van der Waals surface area contributed by atoms with Gasteiger partial charge in [0.05, 0.1) is 12.7 Å². The first-order chi connectivity index (χ1) is 10.0. The van der Waals surface area contributed by atoms with Crippen molar-refractivity contribution in [2.75, 3.05) is 12.4 Å². The summed E-state index contributed by atoms with van der Waals surface area (Å²) in [4.78, 5) is 11.8. The molecule has 2 rings (SSSR count). The van der Waals surface area contributed by atoms with Crippen LogP contribution in [0.1, 0.15) is 21.5 Å². The third-order valence-electron chi connectivity index (χ3n) is 3.12. The van der Waals surface area contributed by atoms with Gasteiger partial charge in [-0.15, -0.1) is 0 Å². The summed E-state index contributed by atoms with van der Waals surface area (Å²) in [7, 11) is 1.33. The molecule has 0 amide bonds. The summed E-state index contributed by atoms with van der Waals surface area (Å²) in [5, 5.41) is 22.1. The summed E-state index contributed by atoms with van der Waals surface area (Å²) in [5.41, 5.74) is 2.63. The molecule has 0 atom stereocenters. The molecule has 0 aliphatic carbocycles. The van der Waals surface area contributed by atoms with Crippen LogP contribution in [0.3, 0.4) is 0 Å². The molecule has 21 heavy (non-hydrogen) atoms. The number of carbonyl (C=O) groups excluding carboxylic acids is 1. The van der Waals surface area contributed by atoms with Crippen LogP contribution in [-0.2, 0) is 11.3 Å². The van der Waals surface area contributed by atoms with Crippen molar-refractivity contribution < 1.29 is 19.7 Å². The number of aryl methyl sites for hydroxylation is 1. The summed E-state index contributed by atoms with van der Waals surface area (Å²) in [5.74, 6) is -0.424.